The highest BCUT2D eigenvalue weighted by atomic mass is 79.9. The van der Waals surface area contributed by atoms with Crippen molar-refractivity contribution in [3.8, 4) is 0 Å². The second-order valence-corrected chi connectivity index (χ2v) is 3.84. The van der Waals surface area contributed by atoms with Crippen LogP contribution in [0, 0.1) is 0 Å². The predicted octanol–water partition coefficient (Wildman–Crippen LogP) is 1.61. The summed E-state index contributed by atoms with van der Waals surface area (Å²) in [6.07, 6.45) is 0. The minimum Gasteiger partial charge on any atom is -0.377 e. The lowest BCUT2D eigenvalue weighted by Crippen LogP contribution is -2.18. The summed E-state index contributed by atoms with van der Waals surface area (Å²) in [7, 11) is 3.74. The van der Waals surface area contributed by atoms with E-state index >= 15 is 0 Å². The van der Waals surface area contributed by atoms with E-state index < -0.39 is 5.91 Å². The van der Waals surface area contributed by atoms with Gasteiger partial charge in [-0.15, -0.1) is 0 Å². The van der Waals surface area contributed by atoms with E-state index in [9.17, 15) is 4.79 Å². The van der Waals surface area contributed by atoms with Gasteiger partial charge in [-0.2, -0.15) is 0 Å². The summed E-state index contributed by atoms with van der Waals surface area (Å²) in [5.74, 6) is -0.412. The maximum absolute atomic E-state index is 11.1. The number of nitrogens with two attached hydrogens (primary N) is 1. The fourth-order valence-corrected chi connectivity index (χ4v) is 1.46. The van der Waals surface area contributed by atoms with E-state index in [0.29, 0.717) is 5.56 Å². The quantitative estimate of drug-likeness (QED) is 0.857. The topological polar surface area (TPSA) is 46.3 Å². The normalized spacial score (nSPS) is 9.77. The molecule has 0 saturated heterocycles. The number of primary amides is 1. The van der Waals surface area contributed by atoms with E-state index in [0.717, 1.165) is 10.2 Å². The van der Waals surface area contributed by atoms with E-state index in [1.165, 1.54) is 0 Å². The Hall–Kier alpha value is -1.03. The van der Waals surface area contributed by atoms with Gasteiger partial charge in [-0.1, -0.05) is 15.9 Å². The summed E-state index contributed by atoms with van der Waals surface area (Å²) in [5, 5.41) is 0. The molecular weight excluding hydrogens is 232 g/mol. The molecule has 2 N–H and O–H groups in total. The lowest BCUT2D eigenvalue weighted by molar-refractivity contribution is 0.100. The minimum absolute atomic E-state index is 0.412. The molecule has 0 radical (unpaired) electrons. The maximum atomic E-state index is 11.1. The number of rotatable bonds is 2. The van der Waals surface area contributed by atoms with E-state index in [4.69, 9.17) is 5.73 Å². The van der Waals surface area contributed by atoms with Crippen molar-refractivity contribution < 1.29 is 4.79 Å². The highest BCUT2D eigenvalue weighted by Crippen LogP contribution is 2.22. The van der Waals surface area contributed by atoms with Gasteiger partial charge in [0.25, 0.3) is 5.91 Å². The molecule has 4 heteroatoms. The summed E-state index contributed by atoms with van der Waals surface area (Å²) in [6.45, 7) is 0. The Labute approximate surface area is 85.7 Å². The molecule has 3 nitrogen and oxygen atoms in total. The van der Waals surface area contributed by atoms with Crippen molar-refractivity contribution in [2.45, 2.75) is 0 Å². The predicted molar refractivity (Wildman–Crippen MR) is 57.0 cm³/mol. The van der Waals surface area contributed by atoms with Gasteiger partial charge >= 0.3 is 0 Å². The van der Waals surface area contributed by atoms with Crippen LogP contribution < -0.4 is 10.6 Å². The number of nitrogens with zero attached hydrogens (tertiary/aromatic N) is 1. The molecular formula is C9H11BrN2O. The average molecular weight is 243 g/mol. The Kier molecular flexibility index (Phi) is 2.93. The summed E-state index contributed by atoms with van der Waals surface area (Å²) < 4.78 is 0.854. The molecule has 0 bridgehead atoms. The Morgan fingerprint density at radius 2 is 2.08 bits per heavy atom. The fraction of sp³-hybridized carbons (Fsp3) is 0.222. The molecule has 0 atom stereocenters. The third kappa shape index (κ3) is 2.21. The molecule has 0 saturated carbocycles. The van der Waals surface area contributed by atoms with E-state index in [1.54, 1.807) is 6.07 Å². The highest BCUT2D eigenvalue weighted by Gasteiger charge is 2.09. The van der Waals surface area contributed by atoms with Crippen LogP contribution >= 0.6 is 15.9 Å². The van der Waals surface area contributed by atoms with E-state index in [2.05, 4.69) is 15.9 Å². The third-order valence-electron chi connectivity index (χ3n) is 1.71. The molecule has 1 aromatic rings. The molecule has 1 rings (SSSR count). The van der Waals surface area contributed by atoms with Crippen LogP contribution in [0.4, 0.5) is 5.69 Å². The van der Waals surface area contributed by atoms with Crippen LogP contribution in [0.25, 0.3) is 0 Å². The monoisotopic (exact) mass is 242 g/mol. The average Bonchev–Trinajstić information content (AvgIpc) is 2.03. The number of hydrogen-bond donors (Lipinski definition) is 1. The molecule has 0 spiro atoms. The Morgan fingerprint density at radius 1 is 1.46 bits per heavy atom. The molecule has 70 valence electrons. The van der Waals surface area contributed by atoms with Gasteiger partial charge in [0.2, 0.25) is 0 Å². The number of halogens is 1. The van der Waals surface area contributed by atoms with Gasteiger partial charge in [0.1, 0.15) is 0 Å². The molecule has 0 fully saturated rings. The fourth-order valence-electron chi connectivity index (χ4n) is 1.10. The zero-order valence-electron chi connectivity index (χ0n) is 7.54. The van der Waals surface area contributed by atoms with Gasteiger partial charge in [-0.05, 0) is 18.2 Å². The maximum Gasteiger partial charge on any atom is 0.250 e. The first-order valence-corrected chi connectivity index (χ1v) is 4.58. The zero-order valence-corrected chi connectivity index (χ0v) is 9.13. The van der Waals surface area contributed by atoms with Crippen molar-refractivity contribution in [1.82, 2.24) is 0 Å². The SMILES string of the molecule is CN(C)c1ccc(Br)cc1C(N)=O. The Morgan fingerprint density at radius 3 is 2.54 bits per heavy atom. The Bertz CT molecular complexity index is 336. The number of amides is 1. The molecule has 0 aliphatic rings. The molecule has 1 aromatic carbocycles. The van der Waals surface area contributed by atoms with Crippen LogP contribution in [-0.4, -0.2) is 20.0 Å². The lowest BCUT2D eigenvalue weighted by atomic mass is 10.1. The summed E-state index contributed by atoms with van der Waals surface area (Å²) >= 11 is 3.29. The van der Waals surface area contributed by atoms with Crippen LogP contribution in [-0.2, 0) is 0 Å². The molecule has 0 unspecified atom stereocenters. The molecule has 0 aromatic heterocycles. The number of carbonyl (C=O) groups is 1. The number of hydrogen-bond acceptors (Lipinski definition) is 2. The highest BCUT2D eigenvalue weighted by molar-refractivity contribution is 9.10. The molecule has 0 aliphatic heterocycles. The second-order valence-electron chi connectivity index (χ2n) is 2.92. The third-order valence-corrected chi connectivity index (χ3v) is 2.20. The Balaban J connectivity index is 3.27. The summed E-state index contributed by atoms with van der Waals surface area (Å²) in [4.78, 5) is 12.9. The summed E-state index contributed by atoms with van der Waals surface area (Å²) in [6, 6.07) is 5.45. The van der Waals surface area contributed by atoms with Crippen molar-refractivity contribution in [3.05, 3.63) is 28.2 Å². The summed E-state index contributed by atoms with van der Waals surface area (Å²) in [5.41, 5.74) is 6.59. The van der Waals surface area contributed by atoms with E-state index in [1.807, 2.05) is 31.1 Å². The molecule has 0 heterocycles. The van der Waals surface area contributed by atoms with Crippen molar-refractivity contribution in [2.24, 2.45) is 5.73 Å². The standard InChI is InChI=1S/C9H11BrN2O/c1-12(2)8-4-3-6(10)5-7(8)9(11)13/h3-5H,1-2H3,(H2,11,13). The van der Waals surface area contributed by atoms with Crippen LogP contribution in [0.2, 0.25) is 0 Å². The first-order valence-electron chi connectivity index (χ1n) is 3.79. The largest absolute Gasteiger partial charge is 0.377 e. The number of carbonyl (C=O) groups excluding carboxylic acids is 1. The van der Waals surface area contributed by atoms with Crippen LogP contribution in [0.1, 0.15) is 10.4 Å². The number of anilines is 1. The zero-order chi connectivity index (χ0) is 10.0. The smallest absolute Gasteiger partial charge is 0.250 e. The second kappa shape index (κ2) is 3.79. The van der Waals surface area contributed by atoms with Crippen LogP contribution in [0.15, 0.2) is 22.7 Å². The van der Waals surface area contributed by atoms with Crippen molar-refractivity contribution in [1.29, 1.82) is 0 Å². The van der Waals surface area contributed by atoms with Crippen LogP contribution in [0.3, 0.4) is 0 Å². The molecule has 13 heavy (non-hydrogen) atoms. The van der Waals surface area contributed by atoms with Gasteiger partial charge in [0.15, 0.2) is 0 Å². The number of benzene rings is 1. The molecule has 1 amide bonds. The van der Waals surface area contributed by atoms with Crippen molar-refractivity contribution in [2.75, 3.05) is 19.0 Å². The minimum atomic E-state index is -0.412. The lowest BCUT2D eigenvalue weighted by Gasteiger charge is -2.15. The van der Waals surface area contributed by atoms with Crippen LogP contribution in [0.5, 0.6) is 0 Å². The van der Waals surface area contributed by atoms with Crippen molar-refractivity contribution >= 4 is 27.5 Å². The van der Waals surface area contributed by atoms with Gasteiger partial charge in [-0.25, -0.2) is 0 Å². The van der Waals surface area contributed by atoms with E-state index in [-0.39, 0.29) is 0 Å². The van der Waals surface area contributed by atoms with Gasteiger partial charge in [0, 0.05) is 24.3 Å². The van der Waals surface area contributed by atoms with Gasteiger partial charge in [0.05, 0.1) is 5.56 Å². The first-order chi connectivity index (χ1) is 6.02. The van der Waals surface area contributed by atoms with Crippen molar-refractivity contribution in [3.63, 3.8) is 0 Å². The van der Waals surface area contributed by atoms with Gasteiger partial charge in [-0.3, -0.25) is 4.79 Å². The van der Waals surface area contributed by atoms with Gasteiger partial charge < -0.3 is 10.6 Å². The first kappa shape index (κ1) is 10.1. The molecule has 0 aliphatic carbocycles.